The number of nitrogens with two attached hydrogens (primary N) is 1. The molecule has 1 heterocycles. The van der Waals surface area contributed by atoms with Crippen molar-refractivity contribution in [3.8, 4) is 5.88 Å². The van der Waals surface area contributed by atoms with Crippen molar-refractivity contribution in [2.75, 3.05) is 0 Å². The van der Waals surface area contributed by atoms with Gasteiger partial charge in [-0.3, -0.25) is 0 Å². The molecule has 110 valence electrons. The van der Waals surface area contributed by atoms with Gasteiger partial charge >= 0.3 is 0 Å². The van der Waals surface area contributed by atoms with E-state index in [1.807, 2.05) is 72.8 Å². The monoisotopic (exact) mass is 290 g/mol. The molecule has 1 aromatic heterocycles. The first-order chi connectivity index (χ1) is 10.8. The van der Waals surface area contributed by atoms with Crippen molar-refractivity contribution in [2.24, 2.45) is 5.73 Å². The van der Waals surface area contributed by atoms with Gasteiger partial charge in [-0.15, -0.1) is 0 Å². The van der Waals surface area contributed by atoms with E-state index in [1.54, 1.807) is 6.20 Å². The summed E-state index contributed by atoms with van der Waals surface area (Å²) in [6.45, 7) is 0.512. The summed E-state index contributed by atoms with van der Waals surface area (Å²) < 4.78 is 5.68. The van der Waals surface area contributed by atoms with Crippen LogP contribution in [-0.4, -0.2) is 4.98 Å². The Morgan fingerprint density at radius 1 is 0.818 bits per heavy atom. The Morgan fingerprint density at radius 2 is 1.50 bits per heavy atom. The van der Waals surface area contributed by atoms with Gasteiger partial charge < -0.3 is 10.5 Å². The van der Waals surface area contributed by atoms with E-state index in [0.717, 1.165) is 16.7 Å². The van der Waals surface area contributed by atoms with E-state index in [9.17, 15) is 0 Å². The van der Waals surface area contributed by atoms with Gasteiger partial charge in [-0.25, -0.2) is 4.98 Å². The highest BCUT2D eigenvalue weighted by atomic mass is 16.5. The zero-order valence-electron chi connectivity index (χ0n) is 12.2. The molecule has 0 bridgehead atoms. The number of hydrogen-bond donors (Lipinski definition) is 1. The van der Waals surface area contributed by atoms with Crippen LogP contribution in [0.1, 0.15) is 22.7 Å². The summed E-state index contributed by atoms with van der Waals surface area (Å²) in [6.07, 6.45) is 1.78. The number of nitrogens with zero attached hydrogens (tertiary/aromatic N) is 1. The molecule has 3 nitrogen and oxygen atoms in total. The lowest BCUT2D eigenvalue weighted by atomic mass is 10.0. The van der Waals surface area contributed by atoms with Crippen molar-refractivity contribution < 1.29 is 4.74 Å². The third kappa shape index (κ3) is 3.51. The summed E-state index contributed by atoms with van der Waals surface area (Å²) in [5, 5.41) is 0. The minimum atomic E-state index is -0.170. The molecule has 3 rings (SSSR count). The fourth-order valence-corrected chi connectivity index (χ4v) is 2.25. The molecule has 0 fully saturated rings. The van der Waals surface area contributed by atoms with Crippen molar-refractivity contribution >= 4 is 0 Å². The first-order valence-electron chi connectivity index (χ1n) is 7.26. The highest BCUT2D eigenvalue weighted by Crippen LogP contribution is 2.20. The normalized spacial score (nSPS) is 11.9. The number of benzene rings is 2. The van der Waals surface area contributed by atoms with Gasteiger partial charge in [-0.2, -0.15) is 0 Å². The number of hydrogen-bond acceptors (Lipinski definition) is 3. The lowest BCUT2D eigenvalue weighted by Gasteiger charge is -2.12. The second kappa shape index (κ2) is 6.87. The summed E-state index contributed by atoms with van der Waals surface area (Å²) in [5.41, 5.74) is 9.41. The first-order valence-corrected chi connectivity index (χ1v) is 7.26. The predicted molar refractivity (Wildman–Crippen MR) is 87.5 cm³/mol. The van der Waals surface area contributed by atoms with Crippen LogP contribution in [0, 0.1) is 0 Å². The SMILES string of the molecule is N[C@H](c1ccccc1)c1ccc(OCc2ccccc2)nc1. The van der Waals surface area contributed by atoms with Crippen LogP contribution in [0.5, 0.6) is 5.88 Å². The standard InChI is InChI=1S/C19H18N2O/c20-19(16-9-5-2-6-10-16)17-11-12-18(21-13-17)22-14-15-7-3-1-4-8-15/h1-13,19H,14,20H2/t19-/m1/s1. The molecule has 3 heteroatoms. The molecule has 0 radical (unpaired) electrons. The highest BCUT2D eigenvalue weighted by molar-refractivity contribution is 5.31. The molecule has 0 saturated carbocycles. The Labute approximate surface area is 130 Å². The zero-order valence-corrected chi connectivity index (χ0v) is 12.2. The van der Waals surface area contributed by atoms with E-state index in [-0.39, 0.29) is 6.04 Å². The topological polar surface area (TPSA) is 48.1 Å². The van der Waals surface area contributed by atoms with Crippen LogP contribution in [0.4, 0.5) is 0 Å². The van der Waals surface area contributed by atoms with E-state index in [4.69, 9.17) is 10.5 Å². The summed E-state index contributed by atoms with van der Waals surface area (Å²) in [4.78, 5) is 4.34. The second-order valence-electron chi connectivity index (χ2n) is 5.09. The second-order valence-corrected chi connectivity index (χ2v) is 5.09. The smallest absolute Gasteiger partial charge is 0.213 e. The average molecular weight is 290 g/mol. The molecule has 0 unspecified atom stereocenters. The van der Waals surface area contributed by atoms with Crippen LogP contribution in [-0.2, 0) is 6.61 Å². The van der Waals surface area contributed by atoms with Crippen LogP contribution in [0.3, 0.4) is 0 Å². The largest absolute Gasteiger partial charge is 0.473 e. The summed E-state index contributed by atoms with van der Waals surface area (Å²) in [5.74, 6) is 0.605. The number of rotatable bonds is 5. The summed E-state index contributed by atoms with van der Waals surface area (Å²) in [6, 6.07) is 23.7. The van der Waals surface area contributed by atoms with Gasteiger partial charge in [0.1, 0.15) is 6.61 Å². The van der Waals surface area contributed by atoms with Gasteiger partial charge in [0.25, 0.3) is 0 Å². The van der Waals surface area contributed by atoms with Crippen LogP contribution in [0.15, 0.2) is 79.0 Å². The van der Waals surface area contributed by atoms with Gasteiger partial charge in [0.15, 0.2) is 0 Å². The third-order valence-corrected chi connectivity index (χ3v) is 3.51. The third-order valence-electron chi connectivity index (χ3n) is 3.51. The van der Waals surface area contributed by atoms with Crippen molar-refractivity contribution in [2.45, 2.75) is 12.6 Å². The van der Waals surface area contributed by atoms with Crippen LogP contribution < -0.4 is 10.5 Å². The van der Waals surface area contributed by atoms with Crippen LogP contribution in [0.2, 0.25) is 0 Å². The van der Waals surface area contributed by atoms with Crippen molar-refractivity contribution in [3.63, 3.8) is 0 Å². The molecule has 0 aliphatic heterocycles. The minimum Gasteiger partial charge on any atom is -0.473 e. The maximum atomic E-state index is 6.25. The Kier molecular flexibility index (Phi) is 4.47. The van der Waals surface area contributed by atoms with Crippen molar-refractivity contribution in [1.82, 2.24) is 4.98 Å². The van der Waals surface area contributed by atoms with E-state index in [1.165, 1.54) is 0 Å². The lowest BCUT2D eigenvalue weighted by Crippen LogP contribution is -2.12. The molecule has 3 aromatic rings. The zero-order chi connectivity index (χ0) is 15.2. The number of aromatic nitrogens is 1. The Hall–Kier alpha value is -2.65. The van der Waals surface area contributed by atoms with Gasteiger partial charge in [0.2, 0.25) is 5.88 Å². The molecule has 0 spiro atoms. The molecule has 2 aromatic carbocycles. The van der Waals surface area contributed by atoms with Gasteiger partial charge in [-0.1, -0.05) is 66.7 Å². The molecule has 0 saturated heterocycles. The molecule has 0 amide bonds. The predicted octanol–water partition coefficient (Wildman–Crippen LogP) is 3.71. The van der Waals surface area contributed by atoms with Crippen molar-refractivity contribution in [1.29, 1.82) is 0 Å². The Balaban J connectivity index is 1.65. The maximum Gasteiger partial charge on any atom is 0.213 e. The first kappa shape index (κ1) is 14.3. The van der Waals surface area contributed by atoms with Crippen molar-refractivity contribution in [3.05, 3.63) is 95.7 Å². The molecule has 22 heavy (non-hydrogen) atoms. The number of pyridine rings is 1. The van der Waals surface area contributed by atoms with Gasteiger partial charge in [0, 0.05) is 12.3 Å². The van der Waals surface area contributed by atoms with E-state index in [2.05, 4.69) is 4.98 Å². The summed E-state index contributed by atoms with van der Waals surface area (Å²) >= 11 is 0. The highest BCUT2D eigenvalue weighted by Gasteiger charge is 2.09. The molecule has 1 atom stereocenters. The molecule has 0 aliphatic rings. The van der Waals surface area contributed by atoms with E-state index < -0.39 is 0 Å². The fourth-order valence-electron chi connectivity index (χ4n) is 2.25. The molecule has 0 aliphatic carbocycles. The van der Waals surface area contributed by atoms with Crippen LogP contribution >= 0.6 is 0 Å². The summed E-state index contributed by atoms with van der Waals surface area (Å²) in [7, 11) is 0. The lowest BCUT2D eigenvalue weighted by molar-refractivity contribution is 0.293. The van der Waals surface area contributed by atoms with E-state index >= 15 is 0 Å². The fraction of sp³-hybridized carbons (Fsp3) is 0.105. The Morgan fingerprint density at radius 3 is 2.14 bits per heavy atom. The molecular formula is C19H18N2O. The molecular weight excluding hydrogens is 272 g/mol. The number of ether oxygens (including phenoxy) is 1. The maximum absolute atomic E-state index is 6.25. The van der Waals surface area contributed by atoms with Gasteiger partial charge in [-0.05, 0) is 16.7 Å². The average Bonchev–Trinajstić information content (AvgIpc) is 2.61. The van der Waals surface area contributed by atoms with Crippen LogP contribution in [0.25, 0.3) is 0 Å². The quantitative estimate of drug-likeness (QED) is 0.779. The minimum absolute atomic E-state index is 0.170. The molecule has 2 N–H and O–H groups in total. The van der Waals surface area contributed by atoms with E-state index in [0.29, 0.717) is 12.5 Å². The van der Waals surface area contributed by atoms with Gasteiger partial charge in [0.05, 0.1) is 6.04 Å². The Bertz CT molecular complexity index is 697.